The summed E-state index contributed by atoms with van der Waals surface area (Å²) in [6.07, 6.45) is 2.55. The van der Waals surface area contributed by atoms with E-state index < -0.39 is 0 Å². The minimum Gasteiger partial charge on any atom is -0.343 e. The molecule has 1 saturated heterocycles. The van der Waals surface area contributed by atoms with E-state index in [1.165, 1.54) is 0 Å². The molecular weight excluding hydrogens is 144 g/mol. The van der Waals surface area contributed by atoms with E-state index in [1.807, 2.05) is 4.90 Å². The summed E-state index contributed by atoms with van der Waals surface area (Å²) in [7, 11) is 0. The van der Waals surface area contributed by atoms with Gasteiger partial charge in [-0.1, -0.05) is 0 Å². The van der Waals surface area contributed by atoms with Crippen LogP contribution in [0.25, 0.3) is 0 Å². The van der Waals surface area contributed by atoms with Crippen LogP contribution in [0.4, 0.5) is 0 Å². The summed E-state index contributed by atoms with van der Waals surface area (Å²) in [4.78, 5) is 17.3. The molecule has 0 spiro atoms. The molecule has 0 aromatic heterocycles. The number of hydrogen-bond donors (Lipinski definition) is 1. The zero-order chi connectivity index (χ0) is 8.10. The van der Waals surface area contributed by atoms with Crippen LogP contribution in [0.1, 0.15) is 19.3 Å². The van der Waals surface area contributed by atoms with E-state index in [4.69, 9.17) is 5.90 Å². The maximum Gasteiger partial charge on any atom is 0.222 e. The van der Waals surface area contributed by atoms with Gasteiger partial charge in [0.1, 0.15) is 0 Å². The fraction of sp³-hybridized carbons (Fsp3) is 0.857. The number of nitrogens with zero attached hydrogens (tertiary/aromatic N) is 1. The van der Waals surface area contributed by atoms with E-state index in [-0.39, 0.29) is 5.91 Å². The second-order valence-electron chi connectivity index (χ2n) is 2.71. The summed E-state index contributed by atoms with van der Waals surface area (Å²) >= 11 is 0. The molecule has 0 unspecified atom stereocenters. The van der Waals surface area contributed by atoms with Gasteiger partial charge in [-0.05, 0) is 12.8 Å². The molecule has 0 radical (unpaired) electrons. The Morgan fingerprint density at radius 1 is 1.64 bits per heavy atom. The molecule has 11 heavy (non-hydrogen) atoms. The Kier molecular flexibility index (Phi) is 3.32. The molecule has 2 N–H and O–H groups in total. The molecule has 64 valence electrons. The van der Waals surface area contributed by atoms with Crippen LogP contribution in [0.5, 0.6) is 0 Å². The molecule has 1 amide bonds. The van der Waals surface area contributed by atoms with Crippen molar-refractivity contribution in [2.45, 2.75) is 19.3 Å². The second-order valence-corrected chi connectivity index (χ2v) is 2.71. The number of carbonyl (C=O) groups excluding carboxylic acids is 1. The lowest BCUT2D eigenvalue weighted by Gasteiger charge is -2.13. The maximum absolute atomic E-state index is 11.0. The molecule has 1 heterocycles. The van der Waals surface area contributed by atoms with Gasteiger partial charge in [-0.2, -0.15) is 0 Å². The van der Waals surface area contributed by atoms with Crippen molar-refractivity contribution >= 4 is 5.91 Å². The van der Waals surface area contributed by atoms with Gasteiger partial charge in [0, 0.05) is 19.5 Å². The predicted octanol–water partition coefficient (Wildman–Crippen LogP) is -0.111. The molecule has 0 aliphatic carbocycles. The van der Waals surface area contributed by atoms with Crippen molar-refractivity contribution in [2.75, 3.05) is 19.7 Å². The Balaban J connectivity index is 2.10. The van der Waals surface area contributed by atoms with Crippen LogP contribution in [-0.2, 0) is 9.63 Å². The Morgan fingerprint density at radius 2 is 2.45 bits per heavy atom. The lowest BCUT2D eigenvalue weighted by molar-refractivity contribution is -0.127. The van der Waals surface area contributed by atoms with Crippen LogP contribution < -0.4 is 5.90 Å². The van der Waals surface area contributed by atoms with Crippen LogP contribution in [-0.4, -0.2) is 30.5 Å². The average molecular weight is 158 g/mol. The summed E-state index contributed by atoms with van der Waals surface area (Å²) in [5.74, 6) is 5.11. The number of carbonyl (C=O) groups is 1. The van der Waals surface area contributed by atoms with Gasteiger partial charge in [0.05, 0.1) is 6.61 Å². The largest absolute Gasteiger partial charge is 0.343 e. The lowest BCUT2D eigenvalue weighted by Crippen LogP contribution is -2.26. The van der Waals surface area contributed by atoms with Crippen molar-refractivity contribution in [1.82, 2.24) is 4.90 Å². The highest BCUT2D eigenvalue weighted by Gasteiger charge is 2.18. The molecule has 0 aromatic rings. The first kappa shape index (κ1) is 8.49. The summed E-state index contributed by atoms with van der Waals surface area (Å²) in [6, 6.07) is 0. The van der Waals surface area contributed by atoms with Crippen LogP contribution >= 0.6 is 0 Å². The van der Waals surface area contributed by atoms with Gasteiger partial charge in [-0.3, -0.25) is 4.79 Å². The van der Waals surface area contributed by atoms with Crippen molar-refractivity contribution in [1.29, 1.82) is 0 Å². The van der Waals surface area contributed by atoms with Crippen molar-refractivity contribution in [3.8, 4) is 0 Å². The molecule has 4 heteroatoms. The fourth-order valence-electron chi connectivity index (χ4n) is 1.28. The minimum absolute atomic E-state index is 0.266. The van der Waals surface area contributed by atoms with E-state index in [0.29, 0.717) is 13.0 Å². The Morgan fingerprint density at radius 3 is 3.00 bits per heavy atom. The van der Waals surface area contributed by atoms with Crippen LogP contribution in [0.3, 0.4) is 0 Å². The first-order valence-corrected chi connectivity index (χ1v) is 3.94. The molecule has 0 atom stereocenters. The zero-order valence-electron chi connectivity index (χ0n) is 6.58. The molecule has 1 aliphatic rings. The standard InChI is InChI=1S/C7H14N2O2/c8-11-6-2-5-9-4-1-3-7(9)10/h1-6,8H2. The fourth-order valence-corrected chi connectivity index (χ4v) is 1.28. The highest BCUT2D eigenvalue weighted by molar-refractivity contribution is 5.77. The van der Waals surface area contributed by atoms with Crippen LogP contribution in [0.15, 0.2) is 0 Å². The van der Waals surface area contributed by atoms with E-state index in [2.05, 4.69) is 4.84 Å². The topological polar surface area (TPSA) is 55.6 Å². The third-order valence-corrected chi connectivity index (χ3v) is 1.86. The predicted molar refractivity (Wildman–Crippen MR) is 40.6 cm³/mol. The van der Waals surface area contributed by atoms with Gasteiger partial charge in [0.15, 0.2) is 0 Å². The first-order valence-electron chi connectivity index (χ1n) is 3.94. The molecule has 0 saturated carbocycles. The zero-order valence-corrected chi connectivity index (χ0v) is 6.58. The summed E-state index contributed by atoms with van der Waals surface area (Å²) in [6.45, 7) is 2.23. The highest BCUT2D eigenvalue weighted by Crippen LogP contribution is 2.09. The minimum atomic E-state index is 0.266. The van der Waals surface area contributed by atoms with E-state index in [1.54, 1.807) is 0 Å². The third-order valence-electron chi connectivity index (χ3n) is 1.86. The maximum atomic E-state index is 11.0. The van der Waals surface area contributed by atoms with Gasteiger partial charge in [0.25, 0.3) is 0 Å². The smallest absolute Gasteiger partial charge is 0.222 e. The Labute approximate surface area is 66.3 Å². The summed E-state index contributed by atoms with van der Waals surface area (Å²) in [5.41, 5.74) is 0. The first-order chi connectivity index (χ1) is 5.34. The van der Waals surface area contributed by atoms with Crippen LogP contribution in [0.2, 0.25) is 0 Å². The van der Waals surface area contributed by atoms with Gasteiger partial charge >= 0.3 is 0 Å². The molecule has 1 fully saturated rings. The number of rotatable bonds is 4. The molecule has 1 rings (SSSR count). The lowest BCUT2D eigenvalue weighted by atomic mass is 10.4. The highest BCUT2D eigenvalue weighted by atomic mass is 16.6. The van der Waals surface area contributed by atoms with Gasteiger partial charge < -0.3 is 9.74 Å². The normalized spacial score (nSPS) is 17.9. The summed E-state index contributed by atoms with van der Waals surface area (Å²) < 4.78 is 0. The van der Waals surface area contributed by atoms with E-state index in [0.717, 1.165) is 25.9 Å². The van der Waals surface area contributed by atoms with E-state index in [9.17, 15) is 4.79 Å². The number of nitrogens with two attached hydrogens (primary N) is 1. The number of likely N-dealkylation sites (tertiary alicyclic amines) is 1. The molecule has 1 aliphatic heterocycles. The number of amides is 1. The van der Waals surface area contributed by atoms with Gasteiger partial charge in [0.2, 0.25) is 5.91 Å². The third kappa shape index (κ3) is 2.48. The monoisotopic (exact) mass is 158 g/mol. The molecule has 4 nitrogen and oxygen atoms in total. The Hall–Kier alpha value is -0.610. The average Bonchev–Trinajstić information content (AvgIpc) is 2.37. The summed E-state index contributed by atoms with van der Waals surface area (Å²) in [5, 5.41) is 0. The molecule has 0 aromatic carbocycles. The van der Waals surface area contributed by atoms with Crippen molar-refractivity contribution in [2.24, 2.45) is 5.90 Å². The van der Waals surface area contributed by atoms with Gasteiger partial charge in [-0.15, -0.1) is 0 Å². The Bertz CT molecular complexity index is 138. The quantitative estimate of drug-likeness (QED) is 0.458. The van der Waals surface area contributed by atoms with Crippen LogP contribution in [0, 0.1) is 0 Å². The number of hydrogen-bond acceptors (Lipinski definition) is 3. The second kappa shape index (κ2) is 4.31. The molecule has 0 bridgehead atoms. The van der Waals surface area contributed by atoms with Crippen molar-refractivity contribution in [3.05, 3.63) is 0 Å². The van der Waals surface area contributed by atoms with Crippen molar-refractivity contribution < 1.29 is 9.63 Å². The van der Waals surface area contributed by atoms with Crippen molar-refractivity contribution in [3.63, 3.8) is 0 Å². The van der Waals surface area contributed by atoms with Gasteiger partial charge in [-0.25, -0.2) is 5.90 Å². The van der Waals surface area contributed by atoms with E-state index >= 15 is 0 Å². The SMILES string of the molecule is NOCCCN1CCCC1=O. The molecular formula is C7H14N2O2.